The van der Waals surface area contributed by atoms with E-state index in [1.807, 2.05) is 36.4 Å². The van der Waals surface area contributed by atoms with Crippen molar-refractivity contribution in [3.05, 3.63) is 59.9 Å². The summed E-state index contributed by atoms with van der Waals surface area (Å²) in [6.45, 7) is 2.10. The lowest BCUT2D eigenvalue weighted by molar-refractivity contribution is 1.23. The molecule has 0 nitrogen and oxygen atoms in total. The average Bonchev–Trinajstić information content (AvgIpc) is 2.19. The van der Waals surface area contributed by atoms with Crippen LogP contribution in [-0.2, 0) is 0 Å². The molecule has 0 radical (unpaired) electrons. The fraction of sp³-hybridized carbons (Fsp3) is 0.154. The predicted molar refractivity (Wildman–Crippen MR) is 58.4 cm³/mol. The molecule has 0 bridgehead atoms. The molecule has 0 N–H and O–H groups in total. The van der Waals surface area contributed by atoms with Gasteiger partial charge in [0, 0.05) is 0 Å². The molecule has 13 heavy (non-hydrogen) atoms. The molecule has 0 aliphatic heterocycles. The molecule has 66 valence electrons. The predicted octanol–water partition coefficient (Wildman–Crippen LogP) is 3.82. The lowest BCUT2D eigenvalue weighted by Gasteiger charge is -1.87. The van der Waals surface area contributed by atoms with Crippen LogP contribution in [0.1, 0.15) is 18.9 Å². The van der Waals surface area contributed by atoms with Crippen molar-refractivity contribution in [2.24, 2.45) is 0 Å². The molecule has 1 aromatic carbocycles. The summed E-state index contributed by atoms with van der Waals surface area (Å²) in [6.07, 6.45) is 9.04. The van der Waals surface area contributed by atoms with Crippen LogP contribution in [0.2, 0.25) is 0 Å². The van der Waals surface area contributed by atoms with E-state index in [0.29, 0.717) is 0 Å². The molecule has 0 saturated heterocycles. The summed E-state index contributed by atoms with van der Waals surface area (Å²) >= 11 is 0. The first kappa shape index (κ1) is 9.57. The fourth-order valence-corrected chi connectivity index (χ4v) is 0.965. The Kier molecular flexibility index (Phi) is 4.45. The number of rotatable bonds is 3. The van der Waals surface area contributed by atoms with Gasteiger partial charge in [-0.1, -0.05) is 49.4 Å². The molecule has 0 atom stereocenters. The summed E-state index contributed by atoms with van der Waals surface area (Å²) in [5.41, 5.74) is 4.29. The van der Waals surface area contributed by atoms with E-state index < -0.39 is 0 Å². The van der Waals surface area contributed by atoms with Gasteiger partial charge in [-0.3, -0.25) is 0 Å². The van der Waals surface area contributed by atoms with Crippen molar-refractivity contribution in [1.82, 2.24) is 0 Å². The van der Waals surface area contributed by atoms with Crippen LogP contribution < -0.4 is 0 Å². The van der Waals surface area contributed by atoms with Crippen molar-refractivity contribution in [2.45, 2.75) is 13.3 Å². The Hall–Kier alpha value is -1.52. The van der Waals surface area contributed by atoms with Gasteiger partial charge in [0.2, 0.25) is 0 Å². The Bertz CT molecular complexity index is 311. The zero-order chi connectivity index (χ0) is 9.36. The quantitative estimate of drug-likeness (QED) is 0.478. The third-order valence-electron chi connectivity index (χ3n) is 1.60. The number of benzene rings is 1. The van der Waals surface area contributed by atoms with E-state index in [9.17, 15) is 0 Å². The van der Waals surface area contributed by atoms with E-state index in [1.165, 1.54) is 5.56 Å². The maximum Gasteiger partial charge on any atom is -0.0203 e. The molecule has 0 spiro atoms. The maximum absolute atomic E-state index is 3.07. The smallest absolute Gasteiger partial charge is 0.0203 e. The van der Waals surface area contributed by atoms with Crippen molar-refractivity contribution in [3.63, 3.8) is 0 Å². The molecule has 0 aliphatic carbocycles. The minimum absolute atomic E-state index is 1.04. The van der Waals surface area contributed by atoms with Gasteiger partial charge in [0.15, 0.2) is 0 Å². The molecule has 0 heteroatoms. The van der Waals surface area contributed by atoms with Gasteiger partial charge in [0.1, 0.15) is 0 Å². The Balaban J connectivity index is 2.55. The van der Waals surface area contributed by atoms with E-state index in [2.05, 4.69) is 30.9 Å². The minimum Gasteiger partial charge on any atom is -0.125 e. The molecule has 0 amide bonds. The molecule has 1 aromatic rings. The summed E-state index contributed by atoms with van der Waals surface area (Å²) in [5.74, 6) is 0. The molecule has 0 heterocycles. The van der Waals surface area contributed by atoms with Gasteiger partial charge in [-0.2, -0.15) is 0 Å². The number of hydrogen-bond donors (Lipinski definition) is 0. The van der Waals surface area contributed by atoms with Gasteiger partial charge in [0.25, 0.3) is 0 Å². The monoisotopic (exact) mass is 170 g/mol. The first-order chi connectivity index (χ1) is 6.43. The van der Waals surface area contributed by atoms with Crippen LogP contribution >= 0.6 is 0 Å². The molecular formula is C13H14. The van der Waals surface area contributed by atoms with Crippen LogP contribution in [0.3, 0.4) is 0 Å². The fourth-order valence-electron chi connectivity index (χ4n) is 0.965. The Labute approximate surface area is 79.9 Å². The second-order valence-electron chi connectivity index (χ2n) is 2.72. The van der Waals surface area contributed by atoms with Gasteiger partial charge < -0.3 is 0 Å². The maximum atomic E-state index is 3.07. The van der Waals surface area contributed by atoms with E-state index in [-0.39, 0.29) is 0 Å². The normalized spacial score (nSPS) is 9.62. The van der Waals surface area contributed by atoms with Crippen molar-refractivity contribution in [1.29, 1.82) is 0 Å². The van der Waals surface area contributed by atoms with Gasteiger partial charge in [0.05, 0.1) is 0 Å². The lowest BCUT2D eigenvalue weighted by Crippen LogP contribution is -1.66. The molecule has 0 saturated carbocycles. The molecular weight excluding hydrogens is 156 g/mol. The Morgan fingerprint density at radius 1 is 1.23 bits per heavy atom. The zero-order valence-electron chi connectivity index (χ0n) is 7.90. The van der Waals surface area contributed by atoms with E-state index in [4.69, 9.17) is 0 Å². The van der Waals surface area contributed by atoms with Gasteiger partial charge >= 0.3 is 0 Å². The second-order valence-corrected chi connectivity index (χ2v) is 2.72. The van der Waals surface area contributed by atoms with Crippen LogP contribution in [0.25, 0.3) is 6.08 Å². The molecule has 0 aromatic heterocycles. The standard InChI is InChI=1S/C13H14/c1-2-3-4-5-7-10-13-11-8-6-9-12-13/h3,5-12H,2H2,1H3. The van der Waals surface area contributed by atoms with Crippen molar-refractivity contribution >= 4 is 6.08 Å². The van der Waals surface area contributed by atoms with Crippen molar-refractivity contribution in [3.8, 4) is 0 Å². The summed E-state index contributed by atoms with van der Waals surface area (Å²) in [6, 6.07) is 10.2. The zero-order valence-corrected chi connectivity index (χ0v) is 7.90. The first-order valence-corrected chi connectivity index (χ1v) is 4.56. The highest BCUT2D eigenvalue weighted by molar-refractivity contribution is 5.50. The highest BCUT2D eigenvalue weighted by Gasteiger charge is 1.78. The van der Waals surface area contributed by atoms with Crippen LogP contribution in [-0.4, -0.2) is 0 Å². The van der Waals surface area contributed by atoms with Crippen LogP contribution in [0, 0.1) is 0 Å². The van der Waals surface area contributed by atoms with Gasteiger partial charge in [-0.05, 0) is 24.1 Å². The van der Waals surface area contributed by atoms with Crippen molar-refractivity contribution < 1.29 is 0 Å². The van der Waals surface area contributed by atoms with Crippen molar-refractivity contribution in [2.75, 3.05) is 0 Å². The first-order valence-electron chi connectivity index (χ1n) is 4.56. The highest BCUT2D eigenvalue weighted by Crippen LogP contribution is 2.00. The second kappa shape index (κ2) is 6.05. The summed E-state index contributed by atoms with van der Waals surface area (Å²) < 4.78 is 0. The highest BCUT2D eigenvalue weighted by atomic mass is 13.8. The Morgan fingerprint density at radius 3 is 2.69 bits per heavy atom. The van der Waals surface area contributed by atoms with E-state index >= 15 is 0 Å². The van der Waals surface area contributed by atoms with Gasteiger partial charge in [-0.15, -0.1) is 5.73 Å². The molecule has 0 aliphatic rings. The summed E-state index contributed by atoms with van der Waals surface area (Å²) in [7, 11) is 0. The minimum atomic E-state index is 1.04. The van der Waals surface area contributed by atoms with E-state index in [0.717, 1.165) is 6.42 Å². The summed E-state index contributed by atoms with van der Waals surface area (Å²) in [5, 5.41) is 0. The van der Waals surface area contributed by atoms with Crippen LogP contribution in [0.15, 0.2) is 54.3 Å². The largest absolute Gasteiger partial charge is 0.125 e. The summed E-state index contributed by atoms with van der Waals surface area (Å²) in [4.78, 5) is 0. The van der Waals surface area contributed by atoms with Crippen LogP contribution in [0.4, 0.5) is 0 Å². The average molecular weight is 170 g/mol. The van der Waals surface area contributed by atoms with Gasteiger partial charge in [-0.25, -0.2) is 0 Å². The molecule has 0 unspecified atom stereocenters. The van der Waals surface area contributed by atoms with Crippen LogP contribution in [0.5, 0.6) is 0 Å². The molecule has 0 fully saturated rings. The lowest BCUT2D eigenvalue weighted by atomic mass is 10.2. The number of allylic oxidation sites excluding steroid dienone is 2. The topological polar surface area (TPSA) is 0 Å². The third kappa shape index (κ3) is 4.15. The SMILES string of the molecule is CCC=C=CC=Cc1ccccc1. The third-order valence-corrected chi connectivity index (χ3v) is 1.60. The Morgan fingerprint density at radius 2 is 2.00 bits per heavy atom. The molecule has 1 rings (SSSR count). The number of hydrogen-bond acceptors (Lipinski definition) is 0. The van der Waals surface area contributed by atoms with E-state index in [1.54, 1.807) is 0 Å².